The summed E-state index contributed by atoms with van der Waals surface area (Å²) in [6.07, 6.45) is 3.75. The van der Waals surface area contributed by atoms with Gasteiger partial charge in [-0.2, -0.15) is 0 Å². The van der Waals surface area contributed by atoms with Crippen molar-refractivity contribution >= 4 is 30.3 Å². The molecular weight excluding hydrogens is 480 g/mol. The Morgan fingerprint density at radius 3 is 1.47 bits per heavy atom. The second-order valence-corrected chi connectivity index (χ2v) is 7.62. The standard InChI is InChI=1S/C24H32O12/c1-5-19(27)33-10-9-23(13-32-18-26,15-34-20(28)6-2)12-31-14-24(11-25,16-35-21(29)7-3)17-36-22(30)8-4/h5-8,18,25H,1-4,9-17H2. The average molecular weight is 513 g/mol. The second-order valence-electron chi connectivity index (χ2n) is 7.62. The summed E-state index contributed by atoms with van der Waals surface area (Å²) in [5.74, 6) is -3.02. The molecule has 1 atom stereocenters. The van der Waals surface area contributed by atoms with Gasteiger partial charge in [-0.3, -0.25) is 4.79 Å². The molecule has 0 amide bonds. The topological polar surface area (TPSA) is 161 Å². The SMILES string of the molecule is C=CC(=O)OCCC(COC=O)(COCC(CO)(COC(=O)C=C)COC(=O)C=C)COC(=O)C=C. The normalized spacial score (nSPS) is 12.1. The van der Waals surface area contributed by atoms with Crippen molar-refractivity contribution in [2.45, 2.75) is 6.42 Å². The number of ether oxygens (including phenoxy) is 6. The summed E-state index contributed by atoms with van der Waals surface area (Å²) in [4.78, 5) is 57.1. The molecule has 0 fully saturated rings. The minimum atomic E-state index is -1.39. The zero-order chi connectivity index (χ0) is 27.5. The minimum Gasteiger partial charge on any atom is -0.467 e. The third kappa shape index (κ3) is 12.6. The number of rotatable bonds is 21. The summed E-state index contributed by atoms with van der Waals surface area (Å²) in [6.45, 7) is 10.6. The van der Waals surface area contributed by atoms with Crippen LogP contribution in [0.15, 0.2) is 50.6 Å². The molecule has 12 nitrogen and oxygen atoms in total. The first-order valence-corrected chi connectivity index (χ1v) is 10.6. The van der Waals surface area contributed by atoms with Crippen LogP contribution in [0.3, 0.4) is 0 Å². The van der Waals surface area contributed by atoms with Crippen LogP contribution in [0, 0.1) is 10.8 Å². The van der Waals surface area contributed by atoms with Crippen LogP contribution in [-0.4, -0.2) is 88.3 Å². The van der Waals surface area contributed by atoms with E-state index in [4.69, 9.17) is 28.4 Å². The maximum absolute atomic E-state index is 11.7. The Hall–Kier alpha value is -3.77. The van der Waals surface area contributed by atoms with Gasteiger partial charge in [0.1, 0.15) is 26.4 Å². The second kappa shape index (κ2) is 17.6. The van der Waals surface area contributed by atoms with E-state index in [1.54, 1.807) is 0 Å². The predicted octanol–water partition coefficient (Wildman–Crippen LogP) is 0.448. The molecule has 12 heteroatoms. The lowest BCUT2D eigenvalue weighted by atomic mass is 9.86. The van der Waals surface area contributed by atoms with Gasteiger partial charge in [-0.1, -0.05) is 26.3 Å². The molecule has 0 rings (SSSR count). The molecule has 0 heterocycles. The molecule has 1 unspecified atom stereocenters. The lowest BCUT2D eigenvalue weighted by Crippen LogP contribution is -2.44. The lowest BCUT2D eigenvalue weighted by Gasteiger charge is -2.35. The number of hydrogen-bond donors (Lipinski definition) is 1. The molecule has 0 saturated carbocycles. The van der Waals surface area contributed by atoms with Crippen molar-refractivity contribution < 1.29 is 57.5 Å². The van der Waals surface area contributed by atoms with Crippen molar-refractivity contribution in [3.8, 4) is 0 Å². The van der Waals surface area contributed by atoms with Crippen LogP contribution in [0.5, 0.6) is 0 Å². The van der Waals surface area contributed by atoms with Crippen LogP contribution in [0.1, 0.15) is 6.42 Å². The summed E-state index contributed by atoms with van der Waals surface area (Å²) >= 11 is 0. The van der Waals surface area contributed by atoms with E-state index in [1.807, 2.05) is 0 Å². The first-order valence-electron chi connectivity index (χ1n) is 10.6. The van der Waals surface area contributed by atoms with Gasteiger partial charge in [0.15, 0.2) is 0 Å². The first kappa shape index (κ1) is 32.2. The Morgan fingerprint density at radius 1 is 0.639 bits per heavy atom. The van der Waals surface area contributed by atoms with E-state index >= 15 is 0 Å². The van der Waals surface area contributed by atoms with E-state index < -0.39 is 54.5 Å². The Balaban J connectivity index is 5.73. The van der Waals surface area contributed by atoms with Gasteiger partial charge >= 0.3 is 23.9 Å². The van der Waals surface area contributed by atoms with E-state index in [1.165, 1.54) is 0 Å². The maximum Gasteiger partial charge on any atom is 0.330 e. The minimum absolute atomic E-state index is 0.0217. The van der Waals surface area contributed by atoms with Gasteiger partial charge in [0.2, 0.25) is 0 Å². The van der Waals surface area contributed by atoms with Crippen molar-refractivity contribution in [2.75, 3.05) is 52.9 Å². The number of esters is 4. The molecule has 36 heavy (non-hydrogen) atoms. The molecule has 0 spiro atoms. The number of hydrogen-bond acceptors (Lipinski definition) is 12. The summed E-state index contributed by atoms with van der Waals surface area (Å²) in [5.41, 5.74) is -2.58. The monoisotopic (exact) mass is 512 g/mol. The van der Waals surface area contributed by atoms with Gasteiger partial charge in [0.05, 0.1) is 37.3 Å². The molecule has 0 bridgehead atoms. The van der Waals surface area contributed by atoms with Crippen molar-refractivity contribution in [3.63, 3.8) is 0 Å². The first-order chi connectivity index (χ1) is 17.1. The van der Waals surface area contributed by atoms with Crippen LogP contribution < -0.4 is 0 Å². The van der Waals surface area contributed by atoms with E-state index in [0.29, 0.717) is 0 Å². The predicted molar refractivity (Wildman–Crippen MR) is 124 cm³/mol. The summed E-state index contributed by atoms with van der Waals surface area (Å²) in [6, 6.07) is 0. The van der Waals surface area contributed by atoms with Crippen molar-refractivity contribution in [3.05, 3.63) is 50.6 Å². The number of carbonyl (C=O) groups is 5. The van der Waals surface area contributed by atoms with E-state index in [9.17, 15) is 29.1 Å². The molecule has 0 aromatic heterocycles. The lowest BCUT2D eigenvalue weighted by molar-refractivity contribution is -0.161. The average Bonchev–Trinajstić information content (AvgIpc) is 2.90. The van der Waals surface area contributed by atoms with E-state index in [2.05, 4.69) is 26.3 Å². The van der Waals surface area contributed by atoms with Gasteiger partial charge in [-0.15, -0.1) is 0 Å². The van der Waals surface area contributed by atoms with Crippen LogP contribution in [0.25, 0.3) is 0 Å². The molecule has 0 aromatic rings. The van der Waals surface area contributed by atoms with Gasteiger partial charge in [0, 0.05) is 24.3 Å². The Morgan fingerprint density at radius 2 is 1.06 bits per heavy atom. The maximum atomic E-state index is 11.7. The molecule has 1 N–H and O–H groups in total. The smallest absolute Gasteiger partial charge is 0.330 e. The summed E-state index contributed by atoms with van der Waals surface area (Å²) < 4.78 is 30.8. The van der Waals surface area contributed by atoms with Crippen molar-refractivity contribution in [2.24, 2.45) is 10.8 Å². The fraction of sp³-hybridized carbons (Fsp3) is 0.458. The van der Waals surface area contributed by atoms with Gasteiger partial charge in [0.25, 0.3) is 6.47 Å². The third-order valence-corrected chi connectivity index (χ3v) is 4.71. The largest absolute Gasteiger partial charge is 0.467 e. The quantitative estimate of drug-likeness (QED) is 0.0980. The summed E-state index contributed by atoms with van der Waals surface area (Å²) in [5, 5.41) is 10.0. The molecule has 0 saturated heterocycles. The van der Waals surface area contributed by atoms with Gasteiger partial charge in [-0.25, -0.2) is 19.2 Å². The van der Waals surface area contributed by atoms with E-state index in [0.717, 1.165) is 24.3 Å². The van der Waals surface area contributed by atoms with Crippen LogP contribution in [0.4, 0.5) is 0 Å². The number of carbonyl (C=O) groups excluding carboxylic acids is 5. The Bertz CT molecular complexity index is 779. The highest BCUT2D eigenvalue weighted by Gasteiger charge is 2.38. The molecule has 0 aliphatic carbocycles. The van der Waals surface area contributed by atoms with Crippen molar-refractivity contribution in [1.29, 1.82) is 0 Å². The zero-order valence-electron chi connectivity index (χ0n) is 20.0. The Kier molecular flexibility index (Phi) is 15.8. The fourth-order valence-corrected chi connectivity index (χ4v) is 2.57. The molecule has 200 valence electrons. The highest BCUT2D eigenvalue weighted by molar-refractivity contribution is 5.82. The number of aliphatic hydroxyl groups excluding tert-OH is 1. The molecule has 0 aliphatic heterocycles. The molecular formula is C24H32O12. The molecule has 0 radical (unpaired) electrons. The van der Waals surface area contributed by atoms with E-state index in [-0.39, 0.29) is 45.9 Å². The molecule has 0 aromatic carbocycles. The highest BCUT2D eigenvalue weighted by atomic mass is 16.6. The van der Waals surface area contributed by atoms with Gasteiger partial charge < -0.3 is 33.5 Å². The van der Waals surface area contributed by atoms with Crippen LogP contribution >= 0.6 is 0 Å². The third-order valence-electron chi connectivity index (χ3n) is 4.71. The Labute approximate surface area is 209 Å². The highest BCUT2D eigenvalue weighted by Crippen LogP contribution is 2.27. The number of aliphatic hydroxyl groups is 1. The van der Waals surface area contributed by atoms with Crippen LogP contribution in [0.2, 0.25) is 0 Å². The zero-order valence-corrected chi connectivity index (χ0v) is 20.0. The van der Waals surface area contributed by atoms with Crippen molar-refractivity contribution in [1.82, 2.24) is 0 Å². The summed E-state index contributed by atoms with van der Waals surface area (Å²) in [7, 11) is 0. The molecule has 0 aliphatic rings. The fourth-order valence-electron chi connectivity index (χ4n) is 2.57. The van der Waals surface area contributed by atoms with Crippen LogP contribution in [-0.2, 0) is 52.4 Å². The van der Waals surface area contributed by atoms with Gasteiger partial charge in [-0.05, 0) is 6.42 Å².